The van der Waals surface area contributed by atoms with Gasteiger partial charge in [-0.25, -0.2) is 14.2 Å². The molecule has 6 rings (SSSR count). The second-order valence-electron chi connectivity index (χ2n) is 13.3. The van der Waals surface area contributed by atoms with Gasteiger partial charge in [0.1, 0.15) is 22.7 Å². The van der Waals surface area contributed by atoms with Crippen LogP contribution in [0.25, 0.3) is 32.8 Å². The van der Waals surface area contributed by atoms with Crippen molar-refractivity contribution in [1.82, 2.24) is 19.8 Å². The van der Waals surface area contributed by atoms with Gasteiger partial charge in [0, 0.05) is 30.6 Å². The monoisotopic (exact) mass is 634 g/mol. The van der Waals surface area contributed by atoms with E-state index in [1.165, 1.54) is 6.07 Å². The van der Waals surface area contributed by atoms with Gasteiger partial charge in [0.2, 0.25) is 5.95 Å². The minimum atomic E-state index is -0.587. The predicted molar refractivity (Wildman–Crippen MR) is 178 cm³/mol. The molecule has 0 radical (unpaired) electrons. The lowest BCUT2D eigenvalue weighted by Gasteiger charge is -2.42. The van der Waals surface area contributed by atoms with Gasteiger partial charge in [0.15, 0.2) is 5.82 Å². The summed E-state index contributed by atoms with van der Waals surface area (Å²) in [4.78, 5) is 28.8. The van der Waals surface area contributed by atoms with Gasteiger partial charge in [0.05, 0.1) is 17.1 Å². The van der Waals surface area contributed by atoms with Gasteiger partial charge >= 0.3 is 6.09 Å². The van der Waals surface area contributed by atoms with Gasteiger partial charge in [-0.2, -0.15) is 4.98 Å². The normalized spacial score (nSPS) is 18.3. The van der Waals surface area contributed by atoms with Gasteiger partial charge in [-0.15, -0.1) is 0 Å². The first kappa shape index (κ1) is 31.1. The first-order valence-corrected chi connectivity index (χ1v) is 15.8. The Labute approximate surface area is 267 Å². The lowest BCUT2D eigenvalue weighted by molar-refractivity contribution is 0.0123. The molecule has 2 bridgehead atoms. The molecule has 238 valence electrons. The molecule has 0 unspecified atom stereocenters. The minimum absolute atomic E-state index is 0.0178. The number of aromatic nitrogens is 2. The molecule has 3 aromatic carbocycles. The number of ether oxygens (including phenoxy) is 1. The Morgan fingerprint density at radius 2 is 1.82 bits per heavy atom. The quantitative estimate of drug-likeness (QED) is 0.212. The van der Waals surface area contributed by atoms with E-state index in [0.29, 0.717) is 42.4 Å². The van der Waals surface area contributed by atoms with Crippen LogP contribution in [0.15, 0.2) is 42.5 Å². The SMILES string of the molecule is CN(C)CCCNc1nc(N2C[C@H]3CC[C@@H](C2)N3C(=O)OC(C)(C)C)c2cc(Cl)c(-c3cc(O)cc4ccccc34)c(F)c2n1. The van der Waals surface area contributed by atoms with Crippen molar-refractivity contribution in [3.05, 3.63) is 53.3 Å². The number of fused-ring (bicyclic) bond motifs is 4. The molecule has 2 saturated heterocycles. The molecule has 45 heavy (non-hydrogen) atoms. The second-order valence-corrected chi connectivity index (χ2v) is 13.7. The van der Waals surface area contributed by atoms with E-state index >= 15 is 4.39 Å². The number of hydrogen-bond acceptors (Lipinski definition) is 8. The predicted octanol–water partition coefficient (Wildman–Crippen LogP) is 6.90. The smallest absolute Gasteiger partial charge is 0.410 e. The third kappa shape index (κ3) is 6.31. The first-order chi connectivity index (χ1) is 21.4. The van der Waals surface area contributed by atoms with Gasteiger partial charge < -0.3 is 25.0 Å². The van der Waals surface area contributed by atoms with Gasteiger partial charge in [0.25, 0.3) is 0 Å². The second kappa shape index (κ2) is 12.1. The molecule has 2 N–H and O–H groups in total. The Kier molecular flexibility index (Phi) is 8.39. The van der Waals surface area contributed by atoms with Crippen molar-refractivity contribution in [2.45, 2.75) is 57.7 Å². The van der Waals surface area contributed by atoms with E-state index < -0.39 is 11.4 Å². The molecule has 1 aromatic heterocycles. The summed E-state index contributed by atoms with van der Waals surface area (Å²) in [5.41, 5.74) is 0.217. The standard InChI is InChI=1S/C34H40ClFN6O3/c1-34(2,3)45-33(44)42-21-11-12-22(42)19-41(18-21)31-26-17-27(35)28(25-16-23(43)15-20-9-6-7-10-24(20)25)29(36)30(26)38-32(39-31)37-13-8-14-40(4)5/h6-7,9-10,15-17,21-22,43H,8,11-14,18-19H2,1-5H3,(H,37,38,39)/t21-,22+. The number of aromatic hydroxyl groups is 1. The number of anilines is 2. The summed E-state index contributed by atoms with van der Waals surface area (Å²) in [5, 5.41) is 16.0. The van der Waals surface area contributed by atoms with E-state index in [9.17, 15) is 9.90 Å². The zero-order valence-electron chi connectivity index (χ0n) is 26.4. The van der Waals surface area contributed by atoms with Crippen molar-refractivity contribution in [2.75, 3.05) is 50.5 Å². The summed E-state index contributed by atoms with van der Waals surface area (Å²) in [6, 6.07) is 12.3. The minimum Gasteiger partial charge on any atom is -0.508 e. The van der Waals surface area contributed by atoms with Crippen LogP contribution < -0.4 is 10.2 Å². The molecule has 0 saturated carbocycles. The van der Waals surface area contributed by atoms with Crippen LogP contribution in [0.5, 0.6) is 5.75 Å². The molecular weight excluding hydrogens is 595 g/mol. The lowest BCUT2D eigenvalue weighted by atomic mass is 9.96. The molecule has 2 aliphatic heterocycles. The van der Waals surface area contributed by atoms with E-state index in [2.05, 4.69) is 20.1 Å². The van der Waals surface area contributed by atoms with Crippen molar-refractivity contribution in [1.29, 1.82) is 0 Å². The van der Waals surface area contributed by atoms with E-state index in [4.69, 9.17) is 21.3 Å². The van der Waals surface area contributed by atoms with Gasteiger partial charge in [-0.1, -0.05) is 35.9 Å². The zero-order chi connectivity index (χ0) is 32.0. The summed E-state index contributed by atoms with van der Waals surface area (Å²) in [6.45, 7) is 8.16. The molecule has 4 aromatic rings. The molecule has 0 aliphatic carbocycles. The Morgan fingerprint density at radius 1 is 1.11 bits per heavy atom. The van der Waals surface area contributed by atoms with Crippen molar-refractivity contribution >= 4 is 51.1 Å². The molecule has 2 atom stereocenters. The van der Waals surface area contributed by atoms with Crippen LogP contribution in [-0.4, -0.2) is 88.9 Å². The summed E-state index contributed by atoms with van der Waals surface area (Å²) in [5.74, 6) is 0.336. The Hall–Kier alpha value is -3.89. The Bertz CT molecular complexity index is 1750. The average molecular weight is 635 g/mol. The fourth-order valence-electron chi connectivity index (χ4n) is 6.53. The topological polar surface area (TPSA) is 94.1 Å². The number of amides is 1. The fourth-order valence-corrected chi connectivity index (χ4v) is 6.83. The molecule has 1 amide bonds. The molecule has 2 aliphatic rings. The molecule has 0 spiro atoms. The third-order valence-electron chi connectivity index (χ3n) is 8.43. The molecule has 9 nitrogen and oxygen atoms in total. The highest BCUT2D eigenvalue weighted by Gasteiger charge is 2.45. The van der Waals surface area contributed by atoms with Gasteiger partial charge in [-0.3, -0.25) is 4.90 Å². The highest BCUT2D eigenvalue weighted by atomic mass is 35.5. The van der Waals surface area contributed by atoms with Crippen LogP contribution in [0, 0.1) is 5.82 Å². The highest BCUT2D eigenvalue weighted by molar-refractivity contribution is 6.35. The average Bonchev–Trinajstić information content (AvgIpc) is 3.23. The number of phenols is 1. The number of rotatable bonds is 7. The number of benzene rings is 3. The number of carbonyl (C=O) groups is 1. The van der Waals surface area contributed by atoms with Crippen molar-refractivity contribution in [3.8, 4) is 16.9 Å². The van der Waals surface area contributed by atoms with E-state index in [1.54, 1.807) is 12.1 Å². The Balaban J connectivity index is 1.44. The lowest BCUT2D eigenvalue weighted by Crippen LogP contribution is -2.57. The number of nitrogens with one attached hydrogen (secondary N) is 1. The van der Waals surface area contributed by atoms with Crippen molar-refractivity contribution < 1.29 is 19.0 Å². The summed E-state index contributed by atoms with van der Waals surface area (Å²) in [6.07, 6.45) is 2.25. The summed E-state index contributed by atoms with van der Waals surface area (Å²) >= 11 is 6.89. The number of piperazine rings is 1. The van der Waals surface area contributed by atoms with Crippen molar-refractivity contribution in [2.24, 2.45) is 0 Å². The number of nitrogens with zero attached hydrogens (tertiary/aromatic N) is 5. The van der Waals surface area contributed by atoms with Crippen LogP contribution in [-0.2, 0) is 4.74 Å². The highest BCUT2D eigenvalue weighted by Crippen LogP contribution is 2.43. The van der Waals surface area contributed by atoms with Crippen LogP contribution in [0.1, 0.15) is 40.0 Å². The summed E-state index contributed by atoms with van der Waals surface area (Å²) in [7, 11) is 4.03. The number of phenolic OH excluding ortho intramolecular Hbond substituents is 1. The number of carbonyl (C=O) groups excluding carboxylic acids is 1. The maximum atomic E-state index is 16.8. The number of hydrogen-bond donors (Lipinski definition) is 2. The van der Waals surface area contributed by atoms with E-state index in [-0.39, 0.29) is 40.0 Å². The fraction of sp³-hybridized carbons (Fsp3) is 0.441. The van der Waals surface area contributed by atoms with E-state index in [1.807, 2.05) is 64.0 Å². The molecule has 2 fully saturated rings. The van der Waals surface area contributed by atoms with E-state index in [0.717, 1.165) is 36.6 Å². The van der Waals surface area contributed by atoms with Crippen LogP contribution in [0.3, 0.4) is 0 Å². The Morgan fingerprint density at radius 3 is 2.51 bits per heavy atom. The molecule has 3 heterocycles. The zero-order valence-corrected chi connectivity index (χ0v) is 27.2. The largest absolute Gasteiger partial charge is 0.508 e. The third-order valence-corrected chi connectivity index (χ3v) is 8.73. The van der Waals surface area contributed by atoms with Gasteiger partial charge in [-0.05, 0) is 95.2 Å². The van der Waals surface area contributed by atoms with Crippen LogP contribution in [0.2, 0.25) is 5.02 Å². The maximum Gasteiger partial charge on any atom is 0.410 e. The first-order valence-electron chi connectivity index (χ1n) is 15.5. The van der Waals surface area contributed by atoms with Crippen LogP contribution in [0.4, 0.5) is 21.0 Å². The van der Waals surface area contributed by atoms with Crippen molar-refractivity contribution in [3.63, 3.8) is 0 Å². The summed E-state index contributed by atoms with van der Waals surface area (Å²) < 4.78 is 22.5. The maximum absolute atomic E-state index is 16.8. The molecule has 11 heteroatoms. The molecular formula is C34H40ClFN6O3. The van der Waals surface area contributed by atoms with Crippen LogP contribution >= 0.6 is 11.6 Å². The number of halogens is 2.